The number of hydrogen-bond acceptors (Lipinski definition) is 2. The van der Waals surface area contributed by atoms with Crippen molar-refractivity contribution < 1.29 is 0 Å². The third-order valence-corrected chi connectivity index (χ3v) is 4.36. The van der Waals surface area contributed by atoms with Gasteiger partial charge in [0.15, 0.2) is 0 Å². The van der Waals surface area contributed by atoms with Crippen LogP contribution >= 0.6 is 0 Å². The van der Waals surface area contributed by atoms with E-state index in [0.717, 1.165) is 13.0 Å². The van der Waals surface area contributed by atoms with Crippen molar-refractivity contribution in [2.24, 2.45) is 0 Å². The molecule has 1 aliphatic rings. The van der Waals surface area contributed by atoms with Crippen molar-refractivity contribution in [3.8, 4) is 11.1 Å². The van der Waals surface area contributed by atoms with Gasteiger partial charge in [-0.15, -0.1) is 0 Å². The molecule has 1 heterocycles. The summed E-state index contributed by atoms with van der Waals surface area (Å²) in [5.74, 6) is 0. The van der Waals surface area contributed by atoms with Gasteiger partial charge in [0.2, 0.25) is 0 Å². The van der Waals surface area contributed by atoms with Crippen LogP contribution in [-0.2, 0) is 6.42 Å². The van der Waals surface area contributed by atoms with E-state index in [2.05, 4.69) is 66.7 Å². The van der Waals surface area contributed by atoms with E-state index < -0.39 is 0 Å². The van der Waals surface area contributed by atoms with Gasteiger partial charge in [-0.2, -0.15) is 0 Å². The Labute approximate surface area is 121 Å². The number of fused-ring (bicyclic) bond motifs is 1. The van der Waals surface area contributed by atoms with E-state index in [1.54, 1.807) is 0 Å². The standard InChI is InChI=1S/C18H22N2/c1-13(19-2)14-5-4-6-15(11-14)16-7-8-18-17(12-16)9-10-20(18)3/h4-8,11-13,19H,9-10H2,1-3H3. The minimum Gasteiger partial charge on any atom is -0.374 e. The number of anilines is 1. The largest absolute Gasteiger partial charge is 0.374 e. The highest BCUT2D eigenvalue weighted by Gasteiger charge is 2.16. The van der Waals surface area contributed by atoms with Crippen molar-refractivity contribution in [2.75, 3.05) is 25.5 Å². The summed E-state index contributed by atoms with van der Waals surface area (Å²) < 4.78 is 0. The Morgan fingerprint density at radius 3 is 2.70 bits per heavy atom. The second-order valence-corrected chi connectivity index (χ2v) is 5.65. The van der Waals surface area contributed by atoms with E-state index in [1.165, 1.54) is 27.9 Å². The summed E-state index contributed by atoms with van der Waals surface area (Å²) in [5, 5.41) is 3.30. The molecule has 0 aromatic heterocycles. The summed E-state index contributed by atoms with van der Waals surface area (Å²) in [5.41, 5.74) is 6.82. The van der Waals surface area contributed by atoms with Gasteiger partial charge in [0.25, 0.3) is 0 Å². The predicted molar refractivity (Wildman–Crippen MR) is 86.3 cm³/mol. The summed E-state index contributed by atoms with van der Waals surface area (Å²) in [6.07, 6.45) is 1.16. The SMILES string of the molecule is CNC(C)c1cccc(-c2ccc3c(c2)CCN3C)c1. The fourth-order valence-electron chi connectivity index (χ4n) is 2.90. The smallest absolute Gasteiger partial charge is 0.0397 e. The molecule has 3 rings (SSSR count). The molecule has 1 unspecified atom stereocenters. The lowest BCUT2D eigenvalue weighted by molar-refractivity contribution is 0.652. The summed E-state index contributed by atoms with van der Waals surface area (Å²) >= 11 is 0. The second kappa shape index (κ2) is 5.29. The van der Waals surface area contributed by atoms with E-state index >= 15 is 0 Å². The van der Waals surface area contributed by atoms with E-state index in [4.69, 9.17) is 0 Å². The number of hydrogen-bond donors (Lipinski definition) is 1. The molecule has 2 aromatic carbocycles. The molecular weight excluding hydrogens is 244 g/mol. The molecule has 0 fully saturated rings. The molecule has 0 spiro atoms. The molecule has 2 heteroatoms. The van der Waals surface area contributed by atoms with Gasteiger partial charge < -0.3 is 10.2 Å². The predicted octanol–water partition coefficient (Wildman–Crippen LogP) is 3.63. The summed E-state index contributed by atoms with van der Waals surface area (Å²) in [6.45, 7) is 3.33. The maximum absolute atomic E-state index is 3.30. The Balaban J connectivity index is 1.97. The van der Waals surface area contributed by atoms with E-state index in [0.29, 0.717) is 6.04 Å². The van der Waals surface area contributed by atoms with Crippen LogP contribution in [0, 0.1) is 0 Å². The average Bonchev–Trinajstić information content (AvgIpc) is 2.87. The number of benzene rings is 2. The van der Waals surface area contributed by atoms with E-state index in [-0.39, 0.29) is 0 Å². The molecule has 1 N–H and O–H groups in total. The molecule has 2 nitrogen and oxygen atoms in total. The van der Waals surface area contributed by atoms with Crippen LogP contribution < -0.4 is 10.2 Å². The third-order valence-electron chi connectivity index (χ3n) is 4.36. The zero-order valence-electron chi connectivity index (χ0n) is 12.5. The van der Waals surface area contributed by atoms with Gasteiger partial charge in [-0.1, -0.05) is 24.3 Å². The quantitative estimate of drug-likeness (QED) is 0.912. The monoisotopic (exact) mass is 266 g/mol. The molecule has 0 saturated carbocycles. The number of nitrogens with zero attached hydrogens (tertiary/aromatic N) is 1. The molecule has 20 heavy (non-hydrogen) atoms. The first-order chi connectivity index (χ1) is 9.69. The van der Waals surface area contributed by atoms with Crippen molar-refractivity contribution in [3.05, 3.63) is 53.6 Å². The second-order valence-electron chi connectivity index (χ2n) is 5.65. The molecule has 104 valence electrons. The lowest BCUT2D eigenvalue weighted by Gasteiger charge is -2.14. The minimum absolute atomic E-state index is 0.385. The molecular formula is C18H22N2. The van der Waals surface area contributed by atoms with Crippen LogP contribution in [0.2, 0.25) is 0 Å². The maximum atomic E-state index is 3.30. The third kappa shape index (κ3) is 2.32. The van der Waals surface area contributed by atoms with Crippen molar-refractivity contribution in [1.82, 2.24) is 5.32 Å². The van der Waals surface area contributed by atoms with Gasteiger partial charge in [-0.25, -0.2) is 0 Å². The van der Waals surface area contributed by atoms with Crippen LogP contribution in [0.4, 0.5) is 5.69 Å². The molecule has 0 bridgehead atoms. The van der Waals surface area contributed by atoms with Gasteiger partial charge in [0, 0.05) is 25.3 Å². The minimum atomic E-state index is 0.385. The Morgan fingerprint density at radius 2 is 1.90 bits per heavy atom. The first-order valence-electron chi connectivity index (χ1n) is 7.30. The van der Waals surface area contributed by atoms with Gasteiger partial charge in [-0.05, 0) is 60.8 Å². The zero-order valence-corrected chi connectivity index (χ0v) is 12.5. The first-order valence-corrected chi connectivity index (χ1v) is 7.30. The maximum Gasteiger partial charge on any atom is 0.0397 e. The summed E-state index contributed by atoms with van der Waals surface area (Å²) in [6, 6.07) is 16.1. The van der Waals surface area contributed by atoms with E-state index in [1.807, 2.05) is 7.05 Å². The van der Waals surface area contributed by atoms with Gasteiger partial charge in [-0.3, -0.25) is 0 Å². The Hall–Kier alpha value is -1.80. The normalized spacial score (nSPS) is 15.2. The Bertz CT molecular complexity index is 619. The number of rotatable bonds is 3. The first kappa shape index (κ1) is 13.2. The fourth-order valence-corrected chi connectivity index (χ4v) is 2.90. The van der Waals surface area contributed by atoms with Crippen LogP contribution in [0.3, 0.4) is 0 Å². The van der Waals surface area contributed by atoms with Gasteiger partial charge in [0.05, 0.1) is 0 Å². The molecule has 0 radical (unpaired) electrons. The van der Waals surface area contributed by atoms with Crippen LogP contribution in [0.25, 0.3) is 11.1 Å². The molecule has 1 atom stereocenters. The highest BCUT2D eigenvalue weighted by atomic mass is 15.1. The summed E-state index contributed by atoms with van der Waals surface area (Å²) in [7, 11) is 4.17. The van der Waals surface area contributed by atoms with Gasteiger partial charge >= 0.3 is 0 Å². The molecule has 0 aliphatic carbocycles. The van der Waals surface area contributed by atoms with Crippen LogP contribution in [0.5, 0.6) is 0 Å². The average molecular weight is 266 g/mol. The molecule has 0 saturated heterocycles. The van der Waals surface area contributed by atoms with Crippen molar-refractivity contribution >= 4 is 5.69 Å². The van der Waals surface area contributed by atoms with Crippen molar-refractivity contribution in [3.63, 3.8) is 0 Å². The lowest BCUT2D eigenvalue weighted by Crippen LogP contribution is -2.12. The van der Waals surface area contributed by atoms with Crippen LogP contribution in [0.15, 0.2) is 42.5 Å². The summed E-state index contributed by atoms with van der Waals surface area (Å²) in [4.78, 5) is 2.33. The van der Waals surface area contributed by atoms with Crippen LogP contribution in [-0.4, -0.2) is 20.6 Å². The van der Waals surface area contributed by atoms with Crippen LogP contribution in [0.1, 0.15) is 24.1 Å². The highest BCUT2D eigenvalue weighted by molar-refractivity contribution is 5.71. The van der Waals surface area contributed by atoms with E-state index in [9.17, 15) is 0 Å². The fraction of sp³-hybridized carbons (Fsp3) is 0.333. The van der Waals surface area contributed by atoms with Crippen molar-refractivity contribution in [2.45, 2.75) is 19.4 Å². The number of nitrogens with one attached hydrogen (secondary N) is 1. The Kier molecular flexibility index (Phi) is 3.49. The zero-order chi connectivity index (χ0) is 14.1. The molecule has 2 aromatic rings. The lowest BCUT2D eigenvalue weighted by atomic mass is 9.98. The highest BCUT2D eigenvalue weighted by Crippen LogP contribution is 2.32. The topological polar surface area (TPSA) is 15.3 Å². The van der Waals surface area contributed by atoms with Gasteiger partial charge in [0.1, 0.15) is 0 Å². The molecule has 1 aliphatic heterocycles. The van der Waals surface area contributed by atoms with Crippen molar-refractivity contribution in [1.29, 1.82) is 0 Å². The Morgan fingerprint density at radius 1 is 1.10 bits per heavy atom. The molecule has 0 amide bonds. The number of likely N-dealkylation sites (N-methyl/N-ethyl adjacent to an activating group) is 1.